The number of allylic oxidation sites excluding steroid dienone is 6. The molecule has 0 heterocycles. The van der Waals surface area contributed by atoms with Gasteiger partial charge in [0.05, 0.1) is 0 Å². The third-order valence-electron chi connectivity index (χ3n) is 1.80. The van der Waals surface area contributed by atoms with Gasteiger partial charge in [-0.1, -0.05) is 51.2 Å². The molecule has 0 aliphatic heterocycles. The van der Waals surface area contributed by atoms with Gasteiger partial charge in [0.1, 0.15) is 0 Å². The van der Waals surface area contributed by atoms with Gasteiger partial charge < -0.3 is 0 Å². The fraction of sp³-hybridized carbons (Fsp3) is 0.500. The van der Waals surface area contributed by atoms with Gasteiger partial charge in [0.2, 0.25) is 0 Å². The van der Waals surface area contributed by atoms with E-state index < -0.39 is 0 Å². The Morgan fingerprint density at radius 2 is 2.00 bits per heavy atom. The minimum atomic E-state index is 0.298. The van der Waals surface area contributed by atoms with Crippen LogP contribution in [0.15, 0.2) is 36.0 Å². The van der Waals surface area contributed by atoms with Gasteiger partial charge in [0.25, 0.3) is 0 Å². The van der Waals surface area contributed by atoms with E-state index in [1.165, 1.54) is 18.4 Å². The van der Waals surface area contributed by atoms with E-state index in [0.717, 1.165) is 0 Å². The van der Waals surface area contributed by atoms with Gasteiger partial charge in [-0.3, -0.25) is 0 Å². The second-order valence-electron chi connectivity index (χ2n) is 4.38. The summed E-state index contributed by atoms with van der Waals surface area (Å²) in [5.41, 5.74) is 1.66. The summed E-state index contributed by atoms with van der Waals surface area (Å²) in [7, 11) is 0. The van der Waals surface area contributed by atoms with Crippen LogP contribution < -0.4 is 0 Å². The zero-order valence-electron chi connectivity index (χ0n) is 8.30. The molecule has 0 bridgehead atoms. The van der Waals surface area contributed by atoms with Gasteiger partial charge in [-0.2, -0.15) is 0 Å². The van der Waals surface area contributed by atoms with E-state index in [0.29, 0.717) is 5.41 Å². The highest BCUT2D eigenvalue weighted by Crippen LogP contribution is 2.18. The fourth-order valence-electron chi connectivity index (χ4n) is 1.10. The molecule has 0 nitrogen and oxygen atoms in total. The highest BCUT2D eigenvalue weighted by Gasteiger charge is 2.03. The molecular weight excluding hydrogens is 144 g/mol. The summed E-state index contributed by atoms with van der Waals surface area (Å²) in [6, 6.07) is 0. The Morgan fingerprint density at radius 1 is 1.25 bits per heavy atom. The van der Waals surface area contributed by atoms with E-state index in [4.69, 9.17) is 0 Å². The van der Waals surface area contributed by atoms with Crippen LogP contribution in [-0.2, 0) is 0 Å². The van der Waals surface area contributed by atoms with Crippen LogP contribution in [-0.4, -0.2) is 0 Å². The lowest BCUT2D eigenvalue weighted by atomic mass is 9.94. The average molecular weight is 162 g/mol. The molecule has 12 heavy (non-hydrogen) atoms. The molecule has 0 atom stereocenters. The van der Waals surface area contributed by atoms with E-state index >= 15 is 0 Å². The number of hydrogen-bond acceptors (Lipinski definition) is 0. The van der Waals surface area contributed by atoms with Crippen LogP contribution >= 0.6 is 0 Å². The highest BCUT2D eigenvalue weighted by atomic mass is 14.1. The van der Waals surface area contributed by atoms with Crippen LogP contribution in [0.25, 0.3) is 0 Å². The summed E-state index contributed by atoms with van der Waals surface area (Å²) < 4.78 is 0. The first-order chi connectivity index (χ1) is 5.58. The van der Waals surface area contributed by atoms with Crippen LogP contribution in [0.4, 0.5) is 0 Å². The number of hydrogen-bond donors (Lipinski definition) is 0. The van der Waals surface area contributed by atoms with E-state index in [9.17, 15) is 0 Å². The predicted molar refractivity (Wildman–Crippen MR) is 55.1 cm³/mol. The van der Waals surface area contributed by atoms with Crippen LogP contribution in [0.1, 0.15) is 33.6 Å². The maximum atomic E-state index is 2.29. The van der Waals surface area contributed by atoms with Crippen LogP contribution in [0.5, 0.6) is 0 Å². The Bertz CT molecular complexity index is 221. The van der Waals surface area contributed by atoms with E-state index in [2.05, 4.69) is 51.2 Å². The van der Waals surface area contributed by atoms with Crippen molar-refractivity contribution in [1.82, 2.24) is 0 Å². The molecule has 0 radical (unpaired) electrons. The third-order valence-corrected chi connectivity index (χ3v) is 1.80. The molecule has 0 amide bonds. The van der Waals surface area contributed by atoms with Crippen molar-refractivity contribution >= 4 is 0 Å². The summed E-state index contributed by atoms with van der Waals surface area (Å²) in [6.45, 7) is 6.66. The van der Waals surface area contributed by atoms with Crippen molar-refractivity contribution < 1.29 is 0 Å². The van der Waals surface area contributed by atoms with Crippen molar-refractivity contribution in [3.05, 3.63) is 36.0 Å². The molecule has 0 spiro atoms. The van der Waals surface area contributed by atoms with Crippen LogP contribution in [0.2, 0.25) is 0 Å². The maximum Gasteiger partial charge on any atom is -0.0200 e. The second-order valence-corrected chi connectivity index (χ2v) is 4.38. The monoisotopic (exact) mass is 162 g/mol. The van der Waals surface area contributed by atoms with Crippen LogP contribution in [0, 0.1) is 5.41 Å². The van der Waals surface area contributed by atoms with Crippen molar-refractivity contribution in [2.24, 2.45) is 5.41 Å². The minimum absolute atomic E-state index is 0.298. The Morgan fingerprint density at radius 3 is 2.50 bits per heavy atom. The molecule has 1 aliphatic rings. The normalized spacial score (nSPS) is 18.4. The topological polar surface area (TPSA) is 0 Å². The molecule has 0 aromatic carbocycles. The molecule has 0 saturated carbocycles. The van der Waals surface area contributed by atoms with Gasteiger partial charge in [-0.25, -0.2) is 0 Å². The van der Waals surface area contributed by atoms with E-state index in [1.54, 1.807) is 0 Å². The Kier molecular flexibility index (Phi) is 2.91. The lowest BCUT2D eigenvalue weighted by Crippen LogP contribution is -1.98. The Balaban J connectivity index is 2.56. The molecular formula is C12H18. The quantitative estimate of drug-likeness (QED) is 0.549. The molecule has 0 aromatic heterocycles. The highest BCUT2D eigenvalue weighted by molar-refractivity contribution is 5.33. The minimum Gasteiger partial charge on any atom is -0.0836 e. The first-order valence-corrected chi connectivity index (χ1v) is 4.64. The first kappa shape index (κ1) is 9.31. The zero-order valence-corrected chi connectivity index (χ0v) is 8.30. The van der Waals surface area contributed by atoms with Gasteiger partial charge >= 0.3 is 0 Å². The lowest BCUT2D eigenvalue weighted by molar-refractivity contribution is 0.544. The summed E-state index contributed by atoms with van der Waals surface area (Å²) in [6.07, 6.45) is 13.6. The van der Waals surface area contributed by atoms with Gasteiger partial charge in [-0.15, -0.1) is 0 Å². The van der Waals surface area contributed by atoms with Crippen LogP contribution in [0.3, 0.4) is 0 Å². The first-order valence-electron chi connectivity index (χ1n) is 4.64. The molecule has 0 fully saturated rings. The maximum absolute atomic E-state index is 2.29. The molecule has 1 rings (SSSR count). The average Bonchev–Trinajstić information content (AvgIpc) is 2.02. The standard InChI is InChI=1S/C12H18/c1-12(2,3)10-9-11-7-5-4-6-8-11/h5,7-10H,4,6H2,1-3H3/b10-9+. The lowest BCUT2D eigenvalue weighted by Gasteiger charge is -2.11. The van der Waals surface area contributed by atoms with E-state index in [1.807, 2.05) is 0 Å². The third kappa shape index (κ3) is 3.56. The van der Waals surface area contributed by atoms with Crippen molar-refractivity contribution in [2.75, 3.05) is 0 Å². The summed E-state index contributed by atoms with van der Waals surface area (Å²) >= 11 is 0. The molecule has 0 heteroatoms. The smallest absolute Gasteiger partial charge is 0.0200 e. The van der Waals surface area contributed by atoms with Crippen molar-refractivity contribution in [1.29, 1.82) is 0 Å². The van der Waals surface area contributed by atoms with Gasteiger partial charge in [0.15, 0.2) is 0 Å². The summed E-state index contributed by atoms with van der Waals surface area (Å²) in [5.74, 6) is 0. The number of rotatable bonds is 1. The van der Waals surface area contributed by atoms with Crippen molar-refractivity contribution in [3.8, 4) is 0 Å². The van der Waals surface area contributed by atoms with Crippen molar-refractivity contribution in [3.63, 3.8) is 0 Å². The molecule has 0 N–H and O–H groups in total. The van der Waals surface area contributed by atoms with Gasteiger partial charge in [-0.05, 0) is 23.8 Å². The largest absolute Gasteiger partial charge is 0.0836 e. The van der Waals surface area contributed by atoms with Gasteiger partial charge in [0, 0.05) is 0 Å². The summed E-state index contributed by atoms with van der Waals surface area (Å²) in [5, 5.41) is 0. The fourth-order valence-corrected chi connectivity index (χ4v) is 1.10. The molecule has 0 saturated heterocycles. The molecule has 1 aliphatic carbocycles. The zero-order chi connectivity index (χ0) is 9.03. The molecule has 0 unspecified atom stereocenters. The molecule has 66 valence electrons. The second kappa shape index (κ2) is 3.75. The summed E-state index contributed by atoms with van der Waals surface area (Å²) in [4.78, 5) is 0. The Labute approximate surface area is 75.7 Å². The van der Waals surface area contributed by atoms with Crippen molar-refractivity contribution in [2.45, 2.75) is 33.6 Å². The SMILES string of the molecule is CC(C)(C)/C=C/C1=CCCC=C1. The predicted octanol–water partition coefficient (Wildman–Crippen LogP) is 3.87. The molecule has 0 aromatic rings. The Hall–Kier alpha value is -0.780. The van der Waals surface area contributed by atoms with E-state index in [-0.39, 0.29) is 0 Å².